The van der Waals surface area contributed by atoms with Crippen LogP contribution < -0.4 is 9.80 Å². The summed E-state index contributed by atoms with van der Waals surface area (Å²) >= 11 is 0. The smallest absolute Gasteiger partial charge is 0.266 e. The Morgan fingerprint density at radius 2 is 0.581 bits per heavy atom. The Morgan fingerprint density at radius 3 is 0.919 bits per heavy atom. The molecule has 0 atom stereocenters. The summed E-state index contributed by atoms with van der Waals surface area (Å²) in [7, 11) is 0. The molecule has 0 spiro atoms. The molecule has 10 aromatic rings. The molecule has 0 saturated carbocycles. The monoisotopic (exact) mass is 802 g/mol. The van der Waals surface area contributed by atoms with Crippen molar-refractivity contribution in [2.24, 2.45) is 0 Å². The van der Waals surface area contributed by atoms with Crippen LogP contribution in [0.1, 0.15) is 52.6 Å². The molecule has 2 aliphatic rings. The first-order chi connectivity index (χ1) is 30.3. The number of rotatable bonds is 5. The number of aromatic nitrogens is 2. The van der Waals surface area contributed by atoms with Crippen LogP contribution in [0, 0.1) is 13.8 Å². The molecule has 0 saturated heterocycles. The van der Waals surface area contributed by atoms with Crippen molar-refractivity contribution in [3.8, 4) is 22.5 Å². The summed E-state index contributed by atoms with van der Waals surface area (Å²) in [6, 6.07) is 54.8. The number of carbonyl (C=O) groups is 4. The number of imide groups is 2. The Bertz CT molecular complexity index is 3320. The maximum absolute atomic E-state index is 14.1. The zero-order chi connectivity index (χ0) is 42.0. The van der Waals surface area contributed by atoms with E-state index in [1.165, 1.54) is 9.80 Å². The molecule has 0 fully saturated rings. The Kier molecular flexibility index (Phi) is 7.50. The molecule has 0 unspecified atom stereocenters. The molecular weight excluding hydrogens is 769 g/mol. The Hall–Kier alpha value is -8.36. The number of nitrogens with zero attached hydrogens (tertiary/aromatic N) is 4. The van der Waals surface area contributed by atoms with E-state index in [1.54, 1.807) is 24.3 Å². The quantitative estimate of drug-likeness (QED) is 0.162. The van der Waals surface area contributed by atoms with Gasteiger partial charge >= 0.3 is 0 Å². The molecule has 0 radical (unpaired) electrons. The molecule has 2 aliphatic heterocycles. The van der Waals surface area contributed by atoms with Crippen molar-refractivity contribution >= 4 is 78.6 Å². The second-order valence-corrected chi connectivity index (χ2v) is 16.1. The van der Waals surface area contributed by atoms with Gasteiger partial charge in [0.2, 0.25) is 0 Å². The summed E-state index contributed by atoms with van der Waals surface area (Å²) in [5.74, 6) is -1.48. The van der Waals surface area contributed by atoms with Gasteiger partial charge in [-0.1, -0.05) is 84.9 Å². The third-order valence-corrected chi connectivity index (χ3v) is 12.6. The van der Waals surface area contributed by atoms with Gasteiger partial charge in [-0.2, -0.15) is 0 Å². The summed E-state index contributed by atoms with van der Waals surface area (Å²) in [5.41, 5.74) is 11.6. The van der Waals surface area contributed by atoms with Gasteiger partial charge in [-0.05, 0) is 121 Å². The highest BCUT2D eigenvalue weighted by atomic mass is 16.2. The van der Waals surface area contributed by atoms with Crippen LogP contribution in [0.25, 0.3) is 66.1 Å². The van der Waals surface area contributed by atoms with E-state index in [1.807, 2.05) is 111 Å². The third kappa shape index (κ3) is 4.95. The fourth-order valence-corrected chi connectivity index (χ4v) is 9.78. The zero-order valence-electron chi connectivity index (χ0n) is 33.6. The normalized spacial score (nSPS) is 13.7. The highest BCUT2D eigenvalue weighted by Crippen LogP contribution is 2.39. The molecule has 2 aromatic heterocycles. The van der Waals surface area contributed by atoms with Gasteiger partial charge in [-0.15, -0.1) is 0 Å². The molecule has 294 valence electrons. The topological polar surface area (TPSA) is 84.6 Å². The van der Waals surface area contributed by atoms with Gasteiger partial charge in [0, 0.05) is 32.9 Å². The van der Waals surface area contributed by atoms with Gasteiger partial charge in [0.05, 0.1) is 55.7 Å². The average molecular weight is 803 g/mol. The van der Waals surface area contributed by atoms with Crippen LogP contribution >= 0.6 is 0 Å². The second-order valence-electron chi connectivity index (χ2n) is 16.1. The molecule has 4 heterocycles. The summed E-state index contributed by atoms with van der Waals surface area (Å²) in [6.07, 6.45) is 0. The Morgan fingerprint density at radius 1 is 0.290 bits per heavy atom. The minimum absolute atomic E-state index is 0.360. The number of anilines is 2. The molecule has 62 heavy (non-hydrogen) atoms. The highest BCUT2D eigenvalue weighted by Gasteiger charge is 2.39. The molecule has 0 N–H and O–H groups in total. The van der Waals surface area contributed by atoms with Gasteiger partial charge in [-0.3, -0.25) is 19.2 Å². The minimum Gasteiger partial charge on any atom is -0.309 e. The summed E-state index contributed by atoms with van der Waals surface area (Å²) in [4.78, 5) is 58.4. The lowest BCUT2D eigenvalue weighted by Crippen LogP contribution is -2.29. The van der Waals surface area contributed by atoms with Gasteiger partial charge in [-0.25, -0.2) is 9.80 Å². The van der Waals surface area contributed by atoms with Crippen molar-refractivity contribution < 1.29 is 19.2 Å². The number of amides is 4. The molecule has 8 heteroatoms. The number of benzene rings is 8. The van der Waals surface area contributed by atoms with Crippen LogP contribution in [0.4, 0.5) is 11.4 Å². The van der Waals surface area contributed by atoms with E-state index in [4.69, 9.17) is 0 Å². The van der Waals surface area contributed by atoms with Crippen LogP contribution in [-0.4, -0.2) is 32.8 Å². The van der Waals surface area contributed by atoms with Gasteiger partial charge in [0.15, 0.2) is 0 Å². The van der Waals surface area contributed by atoms with Crippen LogP contribution in [-0.2, 0) is 0 Å². The first kappa shape index (κ1) is 35.6. The first-order valence-corrected chi connectivity index (χ1v) is 20.5. The summed E-state index contributed by atoms with van der Waals surface area (Å²) < 4.78 is 4.27. The predicted molar refractivity (Wildman–Crippen MR) is 245 cm³/mol. The largest absolute Gasteiger partial charge is 0.309 e. The third-order valence-electron chi connectivity index (χ3n) is 12.6. The lowest BCUT2D eigenvalue weighted by atomic mass is 9.95. The van der Waals surface area contributed by atoms with Gasteiger partial charge < -0.3 is 9.13 Å². The molecule has 0 aliphatic carbocycles. The molecule has 8 aromatic carbocycles. The number of carbonyl (C=O) groups excluding carboxylic acids is 4. The SMILES string of the molecule is Cc1cc(N2C(=O)c3ccc(-n4c5ccccc5c5ccccc54)cc3C2=O)ccc1-c1ccc(N2C(=O)c3ccc(-n4c5ccccc5c5ccccc54)cc3C2=O)cc1C. The fraction of sp³-hybridized carbons (Fsp3) is 0.0370. The van der Waals surface area contributed by atoms with Crippen molar-refractivity contribution in [2.45, 2.75) is 13.8 Å². The fourth-order valence-electron chi connectivity index (χ4n) is 9.78. The van der Waals surface area contributed by atoms with Gasteiger partial charge in [0.25, 0.3) is 23.6 Å². The van der Waals surface area contributed by atoms with Crippen LogP contribution in [0.2, 0.25) is 0 Å². The van der Waals surface area contributed by atoms with E-state index in [0.29, 0.717) is 33.6 Å². The van der Waals surface area contributed by atoms with Crippen molar-refractivity contribution in [3.05, 3.63) is 203 Å². The summed E-state index contributed by atoms with van der Waals surface area (Å²) in [5, 5.41) is 4.45. The molecule has 8 nitrogen and oxygen atoms in total. The van der Waals surface area contributed by atoms with Crippen molar-refractivity contribution in [3.63, 3.8) is 0 Å². The maximum Gasteiger partial charge on any atom is 0.266 e. The predicted octanol–water partition coefficient (Wildman–Crippen LogP) is 11.8. The lowest BCUT2D eigenvalue weighted by molar-refractivity contribution is 0.0910. The molecular formula is C54H34N4O4. The van der Waals surface area contributed by atoms with E-state index in [2.05, 4.69) is 57.7 Å². The van der Waals surface area contributed by atoms with E-state index < -0.39 is 0 Å². The zero-order valence-corrected chi connectivity index (χ0v) is 33.6. The number of hydrogen-bond acceptors (Lipinski definition) is 4. The van der Waals surface area contributed by atoms with E-state index >= 15 is 0 Å². The molecule has 12 rings (SSSR count). The molecule has 4 amide bonds. The minimum atomic E-state index is -0.372. The average Bonchev–Trinajstić information content (AvgIpc) is 3.97. The van der Waals surface area contributed by atoms with Gasteiger partial charge in [0.1, 0.15) is 0 Å². The molecule has 0 bridgehead atoms. The van der Waals surface area contributed by atoms with Crippen molar-refractivity contribution in [2.75, 3.05) is 9.80 Å². The van der Waals surface area contributed by atoms with Crippen molar-refractivity contribution in [1.82, 2.24) is 9.13 Å². The van der Waals surface area contributed by atoms with Crippen molar-refractivity contribution in [1.29, 1.82) is 0 Å². The number of fused-ring (bicyclic) bond motifs is 8. The van der Waals surface area contributed by atoms with E-state index in [9.17, 15) is 19.2 Å². The van der Waals surface area contributed by atoms with E-state index in [-0.39, 0.29) is 23.6 Å². The first-order valence-electron chi connectivity index (χ1n) is 20.5. The standard InChI is InChI=1S/C54H34N4O4/c1-31-27-33(57-51(59)43-25-21-35(29-45(43)53(57)61)55-47-15-7-3-11-39(47)40-12-4-8-16-48(40)55)19-23-37(31)38-24-20-34(28-32(38)2)58-52(60)44-26-22-36(30-46(44)54(58)62)56-49-17-9-5-13-41(49)42-14-6-10-18-50(42)56/h3-30H,1-2H3. The number of para-hydroxylation sites is 4. The lowest BCUT2D eigenvalue weighted by Gasteiger charge is -2.19. The maximum atomic E-state index is 14.1. The number of aryl methyl sites for hydroxylation is 2. The number of hydrogen-bond donors (Lipinski definition) is 0. The van der Waals surface area contributed by atoms with Crippen LogP contribution in [0.15, 0.2) is 170 Å². The Labute approximate surface area is 355 Å². The second kappa shape index (κ2) is 13.1. The highest BCUT2D eigenvalue weighted by molar-refractivity contribution is 6.35. The van der Waals surface area contributed by atoms with Crippen LogP contribution in [0.5, 0.6) is 0 Å². The summed E-state index contributed by atoms with van der Waals surface area (Å²) in [6.45, 7) is 3.90. The Balaban J connectivity index is 0.833. The van der Waals surface area contributed by atoms with E-state index in [0.717, 1.165) is 77.2 Å². The van der Waals surface area contributed by atoms with Crippen LogP contribution in [0.3, 0.4) is 0 Å².